The first-order valence-corrected chi connectivity index (χ1v) is 4.20. The highest BCUT2D eigenvalue weighted by atomic mass is 35.5. The fourth-order valence-corrected chi connectivity index (χ4v) is 1.09. The summed E-state index contributed by atoms with van der Waals surface area (Å²) in [6, 6.07) is 4.46. The second kappa shape index (κ2) is 4.15. The van der Waals surface area contributed by atoms with Crippen LogP contribution in [0.5, 0.6) is 11.5 Å². The number of carbonyl (C=O) groups is 1. The Morgan fingerprint density at radius 1 is 1.57 bits per heavy atom. The van der Waals surface area contributed by atoms with Gasteiger partial charge in [-0.25, -0.2) is 0 Å². The molecule has 0 aliphatic heterocycles. The number of ether oxygens (including phenoxy) is 1. The number of carbonyl (C=O) groups excluding carboxylic acids is 1. The number of rotatable bonds is 3. The van der Waals surface area contributed by atoms with Crippen molar-refractivity contribution < 1.29 is 14.6 Å². The normalized spacial score (nSPS) is 9.57. The minimum Gasteiger partial charge on any atom is -0.504 e. The molecule has 0 aromatic heterocycles. The summed E-state index contributed by atoms with van der Waals surface area (Å²) in [5.41, 5.74) is 0.699. The summed E-state index contributed by atoms with van der Waals surface area (Å²) in [7, 11) is 1.42. The van der Waals surface area contributed by atoms with Gasteiger partial charge in [0, 0.05) is 5.57 Å². The van der Waals surface area contributed by atoms with Crippen LogP contribution in [0.2, 0.25) is 0 Å². The van der Waals surface area contributed by atoms with Crippen LogP contribution in [0.15, 0.2) is 24.8 Å². The summed E-state index contributed by atoms with van der Waals surface area (Å²) in [6.45, 7) is 3.51. The number of allylic oxidation sites excluding steroid dienone is 1. The van der Waals surface area contributed by atoms with E-state index in [4.69, 9.17) is 16.3 Å². The summed E-state index contributed by atoms with van der Waals surface area (Å²) in [5.74, 6) is 0.285. The van der Waals surface area contributed by atoms with Crippen LogP contribution in [0.25, 0.3) is 5.57 Å². The maximum absolute atomic E-state index is 10.8. The third kappa shape index (κ3) is 2.06. The molecule has 0 heterocycles. The van der Waals surface area contributed by atoms with E-state index in [1.165, 1.54) is 19.2 Å². The van der Waals surface area contributed by atoms with Gasteiger partial charge in [0.05, 0.1) is 7.11 Å². The van der Waals surface area contributed by atoms with Crippen LogP contribution < -0.4 is 4.74 Å². The Bertz CT molecular complexity index is 385. The first kappa shape index (κ1) is 10.6. The smallest absolute Gasteiger partial charge is 0.252 e. The van der Waals surface area contributed by atoms with Crippen LogP contribution in [0.1, 0.15) is 5.56 Å². The molecule has 0 radical (unpaired) electrons. The predicted octanol–water partition coefficient (Wildman–Crippen LogP) is 2.18. The topological polar surface area (TPSA) is 46.5 Å². The van der Waals surface area contributed by atoms with Crippen molar-refractivity contribution in [2.75, 3.05) is 7.11 Å². The van der Waals surface area contributed by atoms with E-state index in [2.05, 4.69) is 6.58 Å². The molecule has 0 saturated heterocycles. The molecule has 0 fully saturated rings. The van der Waals surface area contributed by atoms with Crippen LogP contribution in [0.3, 0.4) is 0 Å². The minimum absolute atomic E-state index is 0.00562. The van der Waals surface area contributed by atoms with Gasteiger partial charge in [0.1, 0.15) is 0 Å². The quantitative estimate of drug-likeness (QED) is 0.617. The van der Waals surface area contributed by atoms with Crippen molar-refractivity contribution in [2.45, 2.75) is 0 Å². The average Bonchev–Trinajstić information content (AvgIpc) is 2.17. The Hall–Kier alpha value is -1.48. The first-order chi connectivity index (χ1) is 6.56. The SMILES string of the molecule is C=C(C(=O)Cl)c1ccc(O)c(OC)c1. The van der Waals surface area contributed by atoms with Gasteiger partial charge in [0.15, 0.2) is 11.5 Å². The van der Waals surface area contributed by atoms with Crippen molar-refractivity contribution in [1.82, 2.24) is 0 Å². The zero-order valence-electron chi connectivity index (χ0n) is 7.58. The maximum Gasteiger partial charge on any atom is 0.252 e. The number of hydrogen-bond donors (Lipinski definition) is 1. The number of halogens is 1. The monoisotopic (exact) mass is 212 g/mol. The number of phenolic OH excluding ortho intramolecular Hbond substituents is 1. The van der Waals surface area contributed by atoms with E-state index in [1.54, 1.807) is 6.07 Å². The van der Waals surface area contributed by atoms with E-state index < -0.39 is 5.24 Å². The van der Waals surface area contributed by atoms with Crippen molar-refractivity contribution >= 4 is 22.4 Å². The van der Waals surface area contributed by atoms with E-state index in [0.717, 1.165) is 0 Å². The van der Waals surface area contributed by atoms with E-state index in [0.29, 0.717) is 5.56 Å². The molecule has 0 aliphatic rings. The lowest BCUT2D eigenvalue weighted by Crippen LogP contribution is -1.92. The Morgan fingerprint density at radius 2 is 2.21 bits per heavy atom. The molecule has 1 N–H and O–H groups in total. The van der Waals surface area contributed by atoms with Crippen molar-refractivity contribution in [2.24, 2.45) is 0 Å². The lowest BCUT2D eigenvalue weighted by Gasteiger charge is -2.06. The number of hydrogen-bond acceptors (Lipinski definition) is 3. The van der Waals surface area contributed by atoms with E-state index >= 15 is 0 Å². The Morgan fingerprint density at radius 3 is 2.71 bits per heavy atom. The van der Waals surface area contributed by atoms with Gasteiger partial charge in [-0.1, -0.05) is 12.6 Å². The van der Waals surface area contributed by atoms with E-state index in [1.807, 2.05) is 0 Å². The predicted molar refractivity (Wildman–Crippen MR) is 54.6 cm³/mol. The molecule has 4 heteroatoms. The van der Waals surface area contributed by atoms with Crippen LogP contribution >= 0.6 is 11.6 Å². The largest absolute Gasteiger partial charge is 0.504 e. The highest BCUT2D eigenvalue weighted by molar-refractivity contribution is 6.74. The second-order valence-corrected chi connectivity index (χ2v) is 2.98. The third-order valence-electron chi connectivity index (χ3n) is 1.77. The summed E-state index contributed by atoms with van der Waals surface area (Å²) >= 11 is 5.26. The molecule has 0 aliphatic carbocycles. The molecular formula is C10H9ClO3. The van der Waals surface area contributed by atoms with Gasteiger partial charge >= 0.3 is 0 Å². The van der Waals surface area contributed by atoms with Gasteiger partial charge in [-0.05, 0) is 29.3 Å². The Labute approximate surface area is 86.6 Å². The van der Waals surface area contributed by atoms with Crippen LogP contribution in [-0.2, 0) is 4.79 Å². The minimum atomic E-state index is -0.627. The van der Waals surface area contributed by atoms with Crippen molar-refractivity contribution in [1.29, 1.82) is 0 Å². The molecule has 1 aromatic carbocycles. The van der Waals surface area contributed by atoms with Gasteiger partial charge in [0.25, 0.3) is 5.24 Å². The molecule has 3 nitrogen and oxygen atoms in total. The fraction of sp³-hybridized carbons (Fsp3) is 0.100. The summed E-state index contributed by atoms with van der Waals surface area (Å²) in [5, 5.41) is 8.66. The third-order valence-corrected chi connectivity index (χ3v) is 1.99. The maximum atomic E-state index is 10.8. The molecule has 0 bridgehead atoms. The second-order valence-electron chi connectivity index (χ2n) is 2.64. The van der Waals surface area contributed by atoms with Gasteiger partial charge in [0.2, 0.25) is 0 Å². The molecule has 1 aromatic rings. The standard InChI is InChI=1S/C10H9ClO3/c1-6(10(11)13)7-3-4-8(12)9(5-7)14-2/h3-5,12H,1H2,2H3. The van der Waals surface area contributed by atoms with Crippen molar-refractivity contribution in [3.8, 4) is 11.5 Å². The molecule has 1 rings (SSSR count). The lowest BCUT2D eigenvalue weighted by atomic mass is 10.1. The molecule has 0 saturated carbocycles. The van der Waals surface area contributed by atoms with Crippen LogP contribution in [0, 0.1) is 0 Å². The zero-order chi connectivity index (χ0) is 10.7. The molecule has 0 atom stereocenters. The molecule has 14 heavy (non-hydrogen) atoms. The van der Waals surface area contributed by atoms with E-state index in [-0.39, 0.29) is 17.1 Å². The van der Waals surface area contributed by atoms with Gasteiger partial charge < -0.3 is 9.84 Å². The molecule has 74 valence electrons. The van der Waals surface area contributed by atoms with Crippen LogP contribution in [0.4, 0.5) is 0 Å². The number of phenols is 1. The number of benzene rings is 1. The molecule has 0 spiro atoms. The number of methoxy groups -OCH3 is 1. The Balaban J connectivity index is 3.12. The molecular weight excluding hydrogens is 204 g/mol. The van der Waals surface area contributed by atoms with Crippen molar-refractivity contribution in [3.05, 3.63) is 30.3 Å². The number of aromatic hydroxyl groups is 1. The average molecular weight is 213 g/mol. The fourth-order valence-electron chi connectivity index (χ4n) is 0.979. The molecule has 0 unspecified atom stereocenters. The highest BCUT2D eigenvalue weighted by Gasteiger charge is 2.09. The van der Waals surface area contributed by atoms with Gasteiger partial charge in [-0.15, -0.1) is 0 Å². The Kier molecular flexibility index (Phi) is 3.14. The lowest BCUT2D eigenvalue weighted by molar-refractivity contribution is -0.106. The van der Waals surface area contributed by atoms with E-state index in [9.17, 15) is 9.90 Å². The summed E-state index contributed by atoms with van der Waals surface area (Å²) < 4.78 is 4.87. The molecule has 0 amide bonds. The summed E-state index contributed by atoms with van der Waals surface area (Å²) in [4.78, 5) is 10.8. The van der Waals surface area contributed by atoms with Gasteiger partial charge in [-0.2, -0.15) is 0 Å². The van der Waals surface area contributed by atoms with Crippen molar-refractivity contribution in [3.63, 3.8) is 0 Å². The van der Waals surface area contributed by atoms with Crippen LogP contribution in [-0.4, -0.2) is 17.5 Å². The highest BCUT2D eigenvalue weighted by Crippen LogP contribution is 2.29. The zero-order valence-corrected chi connectivity index (χ0v) is 8.34. The summed E-state index contributed by atoms with van der Waals surface area (Å²) in [6.07, 6.45) is 0. The van der Waals surface area contributed by atoms with Gasteiger partial charge in [-0.3, -0.25) is 4.79 Å². The first-order valence-electron chi connectivity index (χ1n) is 3.82.